The van der Waals surface area contributed by atoms with Crippen molar-refractivity contribution in [2.45, 2.75) is 53.4 Å². The minimum Gasteiger partial charge on any atom is -0.342 e. The van der Waals surface area contributed by atoms with Crippen molar-refractivity contribution in [1.82, 2.24) is 4.90 Å². The molecule has 3 heteroatoms. The number of amides is 1. The number of hydrogen-bond donors (Lipinski definition) is 1. The van der Waals surface area contributed by atoms with Crippen LogP contribution in [0.3, 0.4) is 0 Å². The molecule has 1 saturated heterocycles. The molecule has 0 aromatic rings. The Morgan fingerprint density at radius 1 is 1.35 bits per heavy atom. The molecule has 0 saturated carbocycles. The zero-order valence-corrected chi connectivity index (χ0v) is 11.9. The van der Waals surface area contributed by atoms with Gasteiger partial charge in [0.15, 0.2) is 0 Å². The third-order valence-electron chi connectivity index (χ3n) is 4.86. The second-order valence-corrected chi connectivity index (χ2v) is 6.07. The van der Waals surface area contributed by atoms with Crippen molar-refractivity contribution in [1.29, 1.82) is 0 Å². The first-order valence-electron chi connectivity index (χ1n) is 6.90. The Bertz CT molecular complexity index is 263. The molecule has 0 aliphatic carbocycles. The van der Waals surface area contributed by atoms with Crippen LogP contribution in [-0.2, 0) is 4.79 Å². The normalized spacial score (nSPS) is 23.2. The van der Waals surface area contributed by atoms with Crippen LogP contribution in [0.4, 0.5) is 0 Å². The zero-order chi connectivity index (χ0) is 13.1. The molecule has 17 heavy (non-hydrogen) atoms. The molecule has 0 aromatic carbocycles. The molecule has 0 aromatic heterocycles. The Labute approximate surface area is 106 Å². The van der Waals surface area contributed by atoms with Gasteiger partial charge in [-0.2, -0.15) is 0 Å². The SMILES string of the molecule is CCC1(C)CCN(C(=O)C(C)(CC)CN)CC1. The van der Waals surface area contributed by atoms with Crippen LogP contribution >= 0.6 is 0 Å². The molecule has 100 valence electrons. The summed E-state index contributed by atoms with van der Waals surface area (Å²) in [6, 6.07) is 0. The van der Waals surface area contributed by atoms with Crippen LogP contribution in [-0.4, -0.2) is 30.4 Å². The van der Waals surface area contributed by atoms with Crippen molar-refractivity contribution < 1.29 is 4.79 Å². The summed E-state index contributed by atoms with van der Waals surface area (Å²) in [5.74, 6) is 0.251. The molecule has 1 heterocycles. The molecule has 2 N–H and O–H groups in total. The molecule has 0 radical (unpaired) electrons. The number of piperidine rings is 1. The van der Waals surface area contributed by atoms with Crippen LogP contribution in [0.1, 0.15) is 53.4 Å². The Morgan fingerprint density at radius 2 is 1.88 bits per heavy atom. The van der Waals surface area contributed by atoms with E-state index in [1.165, 1.54) is 6.42 Å². The lowest BCUT2D eigenvalue weighted by Crippen LogP contribution is -2.50. The van der Waals surface area contributed by atoms with E-state index in [1.54, 1.807) is 0 Å². The van der Waals surface area contributed by atoms with Crippen molar-refractivity contribution in [3.8, 4) is 0 Å². The number of nitrogens with zero attached hydrogens (tertiary/aromatic N) is 1. The van der Waals surface area contributed by atoms with Crippen LogP contribution in [0, 0.1) is 10.8 Å². The summed E-state index contributed by atoms with van der Waals surface area (Å²) in [6.07, 6.45) is 4.28. The molecular formula is C14H28N2O. The predicted octanol–water partition coefficient (Wildman–Crippen LogP) is 2.40. The van der Waals surface area contributed by atoms with Gasteiger partial charge in [0.2, 0.25) is 5.91 Å². The Morgan fingerprint density at radius 3 is 2.24 bits per heavy atom. The lowest BCUT2D eigenvalue weighted by molar-refractivity contribution is -0.143. The Kier molecular flexibility index (Phi) is 4.59. The number of likely N-dealkylation sites (tertiary alicyclic amines) is 1. The van der Waals surface area contributed by atoms with Crippen molar-refractivity contribution in [3.05, 3.63) is 0 Å². The monoisotopic (exact) mass is 240 g/mol. The number of carbonyl (C=O) groups is 1. The fraction of sp³-hybridized carbons (Fsp3) is 0.929. The van der Waals surface area contributed by atoms with Crippen molar-refractivity contribution in [2.75, 3.05) is 19.6 Å². The molecule has 0 spiro atoms. The van der Waals surface area contributed by atoms with E-state index < -0.39 is 0 Å². The lowest BCUT2D eigenvalue weighted by Gasteiger charge is -2.42. The summed E-state index contributed by atoms with van der Waals surface area (Å²) in [4.78, 5) is 14.4. The van der Waals surface area contributed by atoms with E-state index in [0.717, 1.165) is 32.4 Å². The summed E-state index contributed by atoms with van der Waals surface area (Å²) < 4.78 is 0. The molecule has 1 aliphatic heterocycles. The van der Waals surface area contributed by atoms with Crippen LogP contribution in [0.25, 0.3) is 0 Å². The maximum absolute atomic E-state index is 12.4. The molecule has 1 aliphatic rings. The van der Waals surface area contributed by atoms with E-state index >= 15 is 0 Å². The maximum atomic E-state index is 12.4. The average Bonchev–Trinajstić information content (AvgIpc) is 2.38. The van der Waals surface area contributed by atoms with Gasteiger partial charge in [-0.1, -0.05) is 27.2 Å². The molecular weight excluding hydrogens is 212 g/mol. The van der Waals surface area contributed by atoms with Gasteiger partial charge in [0.05, 0.1) is 5.41 Å². The third-order valence-corrected chi connectivity index (χ3v) is 4.86. The van der Waals surface area contributed by atoms with Gasteiger partial charge in [-0.3, -0.25) is 4.79 Å². The van der Waals surface area contributed by atoms with Crippen LogP contribution < -0.4 is 5.73 Å². The topological polar surface area (TPSA) is 46.3 Å². The van der Waals surface area contributed by atoms with E-state index in [0.29, 0.717) is 12.0 Å². The van der Waals surface area contributed by atoms with Gasteiger partial charge in [-0.15, -0.1) is 0 Å². The summed E-state index contributed by atoms with van der Waals surface area (Å²) in [6.45, 7) is 10.9. The molecule has 1 fully saturated rings. The maximum Gasteiger partial charge on any atom is 0.229 e. The first-order valence-corrected chi connectivity index (χ1v) is 6.90. The van der Waals surface area contributed by atoms with Crippen LogP contribution in [0.15, 0.2) is 0 Å². The molecule has 1 amide bonds. The number of carbonyl (C=O) groups excluding carboxylic acids is 1. The third kappa shape index (κ3) is 3.01. The largest absolute Gasteiger partial charge is 0.342 e. The highest BCUT2D eigenvalue weighted by Gasteiger charge is 2.37. The highest BCUT2D eigenvalue weighted by molar-refractivity contribution is 5.82. The molecule has 1 unspecified atom stereocenters. The summed E-state index contributed by atoms with van der Waals surface area (Å²) in [7, 11) is 0. The minimum atomic E-state index is -0.361. The van der Waals surface area contributed by atoms with E-state index in [4.69, 9.17) is 5.73 Å². The molecule has 1 atom stereocenters. The second kappa shape index (κ2) is 5.38. The average molecular weight is 240 g/mol. The van der Waals surface area contributed by atoms with E-state index in [-0.39, 0.29) is 11.3 Å². The van der Waals surface area contributed by atoms with Crippen molar-refractivity contribution >= 4 is 5.91 Å². The fourth-order valence-corrected chi connectivity index (χ4v) is 2.37. The zero-order valence-electron chi connectivity index (χ0n) is 11.9. The number of rotatable bonds is 4. The van der Waals surface area contributed by atoms with Gasteiger partial charge in [0, 0.05) is 19.6 Å². The molecule has 1 rings (SSSR count). The Balaban J connectivity index is 2.63. The Hall–Kier alpha value is -0.570. The van der Waals surface area contributed by atoms with Gasteiger partial charge in [0.1, 0.15) is 0 Å². The van der Waals surface area contributed by atoms with E-state index in [2.05, 4.69) is 13.8 Å². The van der Waals surface area contributed by atoms with Gasteiger partial charge in [-0.05, 0) is 31.6 Å². The first kappa shape index (κ1) is 14.5. The smallest absolute Gasteiger partial charge is 0.229 e. The fourth-order valence-electron chi connectivity index (χ4n) is 2.37. The molecule has 0 bridgehead atoms. The molecule has 3 nitrogen and oxygen atoms in total. The van der Waals surface area contributed by atoms with Gasteiger partial charge in [-0.25, -0.2) is 0 Å². The summed E-state index contributed by atoms with van der Waals surface area (Å²) >= 11 is 0. The standard InChI is InChI=1S/C14H28N2O/c1-5-13(3)7-9-16(10-8-13)12(17)14(4,6-2)11-15/h5-11,15H2,1-4H3. The lowest BCUT2D eigenvalue weighted by atomic mass is 9.77. The minimum absolute atomic E-state index is 0.251. The van der Waals surface area contributed by atoms with Crippen molar-refractivity contribution in [2.24, 2.45) is 16.6 Å². The first-order chi connectivity index (χ1) is 7.90. The van der Waals surface area contributed by atoms with Gasteiger partial charge in [0.25, 0.3) is 0 Å². The summed E-state index contributed by atoms with van der Waals surface area (Å²) in [5, 5.41) is 0. The number of hydrogen-bond acceptors (Lipinski definition) is 2. The van der Waals surface area contributed by atoms with E-state index in [1.807, 2.05) is 18.7 Å². The number of nitrogens with two attached hydrogens (primary N) is 1. The second-order valence-electron chi connectivity index (χ2n) is 6.07. The highest BCUT2D eigenvalue weighted by atomic mass is 16.2. The van der Waals surface area contributed by atoms with Crippen LogP contribution in [0.2, 0.25) is 0 Å². The van der Waals surface area contributed by atoms with E-state index in [9.17, 15) is 4.79 Å². The quantitative estimate of drug-likeness (QED) is 0.820. The van der Waals surface area contributed by atoms with Crippen molar-refractivity contribution in [3.63, 3.8) is 0 Å². The highest BCUT2D eigenvalue weighted by Crippen LogP contribution is 2.35. The van der Waals surface area contributed by atoms with Crippen LogP contribution in [0.5, 0.6) is 0 Å². The van der Waals surface area contributed by atoms with Gasteiger partial charge < -0.3 is 10.6 Å². The predicted molar refractivity (Wildman–Crippen MR) is 71.7 cm³/mol. The van der Waals surface area contributed by atoms with Gasteiger partial charge >= 0.3 is 0 Å². The summed E-state index contributed by atoms with van der Waals surface area (Å²) in [5.41, 5.74) is 5.83.